The fourth-order valence-corrected chi connectivity index (χ4v) is 2.23. The summed E-state index contributed by atoms with van der Waals surface area (Å²) in [6.07, 6.45) is 2.11. The predicted octanol–water partition coefficient (Wildman–Crippen LogP) is 2.84. The fraction of sp³-hybridized carbons (Fsp3) is 0.429. The Bertz CT molecular complexity index is 528. The molecule has 0 aliphatic carbocycles. The van der Waals surface area contributed by atoms with Crippen molar-refractivity contribution in [3.05, 3.63) is 30.0 Å². The van der Waals surface area contributed by atoms with Gasteiger partial charge >= 0.3 is 0 Å². The molecule has 17 heavy (non-hydrogen) atoms. The lowest BCUT2D eigenvalue weighted by atomic mass is 9.96. The van der Waals surface area contributed by atoms with E-state index < -0.39 is 0 Å². The molecule has 0 spiro atoms. The Morgan fingerprint density at radius 2 is 2.00 bits per heavy atom. The molecule has 1 aromatic carbocycles. The topological polar surface area (TPSA) is 40.2 Å². The van der Waals surface area contributed by atoms with Crippen molar-refractivity contribution in [3.8, 4) is 5.75 Å². The minimum atomic E-state index is 0.0370. The molecule has 0 bridgehead atoms. The molecule has 1 unspecified atom stereocenters. The van der Waals surface area contributed by atoms with Gasteiger partial charge in [-0.25, -0.2) is 0 Å². The SMILES string of the molecule is COc1cccc2c1c(C(N)C(C)C)cn2C. The molecule has 0 radical (unpaired) electrons. The largest absolute Gasteiger partial charge is 0.496 e. The Hall–Kier alpha value is -1.48. The molecule has 3 heteroatoms. The van der Waals surface area contributed by atoms with Crippen LogP contribution in [-0.2, 0) is 7.05 Å². The number of aryl methyl sites for hydroxylation is 1. The number of rotatable bonds is 3. The van der Waals surface area contributed by atoms with E-state index in [-0.39, 0.29) is 6.04 Å². The average molecular weight is 232 g/mol. The molecule has 2 N–H and O–H groups in total. The van der Waals surface area contributed by atoms with Gasteiger partial charge in [-0.3, -0.25) is 0 Å². The van der Waals surface area contributed by atoms with Crippen molar-refractivity contribution in [1.29, 1.82) is 0 Å². The van der Waals surface area contributed by atoms with Crippen LogP contribution in [-0.4, -0.2) is 11.7 Å². The van der Waals surface area contributed by atoms with E-state index in [0.717, 1.165) is 22.2 Å². The summed E-state index contributed by atoms with van der Waals surface area (Å²) in [6.45, 7) is 4.28. The number of aromatic nitrogens is 1. The summed E-state index contributed by atoms with van der Waals surface area (Å²) in [5.41, 5.74) is 8.60. The molecule has 0 aliphatic rings. The molecule has 0 amide bonds. The zero-order valence-electron chi connectivity index (χ0n) is 10.9. The highest BCUT2D eigenvalue weighted by Crippen LogP contribution is 2.34. The summed E-state index contributed by atoms with van der Waals surface area (Å²) in [5, 5.41) is 1.14. The van der Waals surface area contributed by atoms with E-state index in [9.17, 15) is 0 Å². The lowest BCUT2D eigenvalue weighted by Crippen LogP contribution is -2.16. The monoisotopic (exact) mass is 232 g/mol. The van der Waals surface area contributed by atoms with Crippen molar-refractivity contribution in [1.82, 2.24) is 4.57 Å². The number of methoxy groups -OCH3 is 1. The third-order valence-corrected chi connectivity index (χ3v) is 3.30. The molecule has 1 aromatic heterocycles. The maximum absolute atomic E-state index is 6.27. The van der Waals surface area contributed by atoms with E-state index in [1.165, 1.54) is 0 Å². The van der Waals surface area contributed by atoms with Crippen molar-refractivity contribution in [2.45, 2.75) is 19.9 Å². The van der Waals surface area contributed by atoms with Gasteiger partial charge in [-0.15, -0.1) is 0 Å². The van der Waals surface area contributed by atoms with Crippen LogP contribution in [0.4, 0.5) is 0 Å². The second-order valence-corrected chi connectivity index (χ2v) is 4.82. The van der Waals surface area contributed by atoms with Crippen LogP contribution < -0.4 is 10.5 Å². The maximum atomic E-state index is 6.27. The highest BCUT2D eigenvalue weighted by atomic mass is 16.5. The zero-order valence-corrected chi connectivity index (χ0v) is 10.9. The highest BCUT2D eigenvalue weighted by molar-refractivity contribution is 5.90. The predicted molar refractivity (Wildman–Crippen MR) is 71.2 cm³/mol. The van der Waals surface area contributed by atoms with E-state index in [2.05, 4.69) is 30.7 Å². The van der Waals surface area contributed by atoms with E-state index in [1.807, 2.05) is 19.2 Å². The van der Waals surface area contributed by atoms with Crippen LogP contribution in [0.1, 0.15) is 25.5 Å². The molecule has 2 rings (SSSR count). The third-order valence-electron chi connectivity index (χ3n) is 3.30. The normalized spacial score (nSPS) is 13.3. The van der Waals surface area contributed by atoms with Crippen LogP contribution in [0.3, 0.4) is 0 Å². The van der Waals surface area contributed by atoms with Gasteiger partial charge in [0, 0.05) is 24.7 Å². The number of benzene rings is 1. The van der Waals surface area contributed by atoms with E-state index in [4.69, 9.17) is 10.5 Å². The van der Waals surface area contributed by atoms with E-state index in [1.54, 1.807) is 7.11 Å². The zero-order chi connectivity index (χ0) is 12.6. The first kappa shape index (κ1) is 12.0. The molecular weight excluding hydrogens is 212 g/mol. The third kappa shape index (κ3) is 1.91. The summed E-state index contributed by atoms with van der Waals surface area (Å²) in [4.78, 5) is 0. The van der Waals surface area contributed by atoms with Gasteiger partial charge in [-0.05, 0) is 23.6 Å². The number of nitrogens with zero attached hydrogens (tertiary/aromatic N) is 1. The Balaban J connectivity index is 2.71. The summed E-state index contributed by atoms with van der Waals surface area (Å²) in [5.74, 6) is 1.31. The summed E-state index contributed by atoms with van der Waals surface area (Å²) in [7, 11) is 3.74. The molecule has 3 nitrogen and oxygen atoms in total. The molecule has 2 aromatic rings. The number of ether oxygens (including phenoxy) is 1. The van der Waals surface area contributed by atoms with Crippen molar-refractivity contribution in [3.63, 3.8) is 0 Å². The Morgan fingerprint density at radius 3 is 2.59 bits per heavy atom. The Labute approximate surface area is 102 Å². The van der Waals surface area contributed by atoms with Gasteiger partial charge < -0.3 is 15.0 Å². The van der Waals surface area contributed by atoms with Crippen LogP contribution in [0.5, 0.6) is 5.75 Å². The van der Waals surface area contributed by atoms with Gasteiger partial charge in [0.1, 0.15) is 5.75 Å². The summed E-state index contributed by atoms with van der Waals surface area (Å²) in [6, 6.07) is 6.12. The first-order valence-electron chi connectivity index (χ1n) is 5.93. The number of hydrogen-bond acceptors (Lipinski definition) is 2. The van der Waals surface area contributed by atoms with Crippen LogP contribution in [0.25, 0.3) is 10.9 Å². The van der Waals surface area contributed by atoms with E-state index >= 15 is 0 Å². The molecule has 0 saturated heterocycles. The smallest absolute Gasteiger partial charge is 0.128 e. The molecule has 0 saturated carbocycles. The molecule has 0 fully saturated rings. The van der Waals surface area contributed by atoms with Crippen LogP contribution in [0, 0.1) is 5.92 Å². The molecular formula is C14H20N2O. The molecule has 1 atom stereocenters. The number of fused-ring (bicyclic) bond motifs is 1. The van der Waals surface area contributed by atoms with Crippen LogP contribution >= 0.6 is 0 Å². The quantitative estimate of drug-likeness (QED) is 0.884. The van der Waals surface area contributed by atoms with Crippen molar-refractivity contribution in [2.75, 3.05) is 7.11 Å². The lowest BCUT2D eigenvalue weighted by Gasteiger charge is -2.15. The van der Waals surface area contributed by atoms with Gasteiger partial charge in [-0.1, -0.05) is 19.9 Å². The minimum absolute atomic E-state index is 0.0370. The second-order valence-electron chi connectivity index (χ2n) is 4.82. The molecule has 0 aliphatic heterocycles. The number of nitrogens with two attached hydrogens (primary N) is 1. The Morgan fingerprint density at radius 1 is 1.29 bits per heavy atom. The summed E-state index contributed by atoms with van der Waals surface area (Å²) < 4.78 is 7.55. The van der Waals surface area contributed by atoms with Crippen LogP contribution in [0.15, 0.2) is 24.4 Å². The first-order chi connectivity index (χ1) is 8.06. The van der Waals surface area contributed by atoms with Crippen molar-refractivity contribution >= 4 is 10.9 Å². The second kappa shape index (κ2) is 4.41. The maximum Gasteiger partial charge on any atom is 0.128 e. The van der Waals surface area contributed by atoms with Gasteiger partial charge in [-0.2, -0.15) is 0 Å². The van der Waals surface area contributed by atoms with Gasteiger partial charge in [0.2, 0.25) is 0 Å². The van der Waals surface area contributed by atoms with Crippen molar-refractivity contribution in [2.24, 2.45) is 18.7 Å². The first-order valence-corrected chi connectivity index (χ1v) is 5.93. The fourth-order valence-electron chi connectivity index (χ4n) is 2.23. The van der Waals surface area contributed by atoms with Gasteiger partial charge in [0.05, 0.1) is 12.6 Å². The molecule has 92 valence electrons. The standard InChI is InChI=1S/C14H20N2O/c1-9(2)14(15)10-8-16(3)11-6-5-7-12(17-4)13(10)11/h5-9,14H,15H2,1-4H3. The minimum Gasteiger partial charge on any atom is -0.496 e. The van der Waals surface area contributed by atoms with Gasteiger partial charge in [0.15, 0.2) is 0 Å². The van der Waals surface area contributed by atoms with E-state index in [0.29, 0.717) is 5.92 Å². The summed E-state index contributed by atoms with van der Waals surface area (Å²) >= 11 is 0. The van der Waals surface area contributed by atoms with Crippen LogP contribution in [0.2, 0.25) is 0 Å². The molecule has 1 heterocycles. The van der Waals surface area contributed by atoms with Gasteiger partial charge in [0.25, 0.3) is 0 Å². The lowest BCUT2D eigenvalue weighted by molar-refractivity contribution is 0.418. The average Bonchev–Trinajstić information content (AvgIpc) is 2.66. The number of hydrogen-bond donors (Lipinski definition) is 1. The highest BCUT2D eigenvalue weighted by Gasteiger charge is 2.18. The van der Waals surface area contributed by atoms with Crippen molar-refractivity contribution < 1.29 is 4.74 Å². The Kier molecular flexibility index (Phi) is 3.11.